The highest BCUT2D eigenvalue weighted by molar-refractivity contribution is 5.77. The van der Waals surface area contributed by atoms with E-state index in [4.69, 9.17) is 16.1 Å². The zero-order valence-corrected chi connectivity index (χ0v) is 20.8. The summed E-state index contributed by atoms with van der Waals surface area (Å²) in [6, 6.07) is 11.2. The second-order valence-electron chi connectivity index (χ2n) is 9.15. The number of aromatic nitrogens is 5. The minimum absolute atomic E-state index is 0.121. The van der Waals surface area contributed by atoms with Crippen LogP contribution in [0.2, 0.25) is 0 Å². The largest absolute Gasteiger partial charge is 0.474 e. The van der Waals surface area contributed by atoms with Crippen molar-refractivity contribution in [2.45, 2.75) is 58.3 Å². The summed E-state index contributed by atoms with van der Waals surface area (Å²) >= 11 is 0. The molecule has 0 unspecified atom stereocenters. The second kappa shape index (κ2) is 10.4. The molecule has 1 N–H and O–H groups in total. The zero-order valence-electron chi connectivity index (χ0n) is 20.8. The lowest BCUT2D eigenvalue weighted by Crippen LogP contribution is -2.40. The summed E-state index contributed by atoms with van der Waals surface area (Å²) in [5, 5.41) is 9.32. The van der Waals surface area contributed by atoms with Crippen molar-refractivity contribution in [3.05, 3.63) is 74.6 Å². The van der Waals surface area contributed by atoms with E-state index in [0.29, 0.717) is 47.9 Å². The normalized spacial score (nSPS) is 13.4. The number of hydrogen-bond donors (Lipinski definition) is 1. The monoisotopic (exact) mass is 499 g/mol. The Bertz CT molecular complexity index is 1570. The van der Waals surface area contributed by atoms with Crippen molar-refractivity contribution >= 4 is 11.2 Å². The van der Waals surface area contributed by atoms with E-state index >= 15 is 0 Å². The molecule has 5 rings (SSSR count). The Balaban J connectivity index is 1.68. The van der Waals surface area contributed by atoms with E-state index in [-0.39, 0.29) is 19.3 Å². The fraction of sp³-hybridized carbons (Fsp3) is 0.357. The van der Waals surface area contributed by atoms with Gasteiger partial charge in [0, 0.05) is 49.6 Å². The van der Waals surface area contributed by atoms with Crippen LogP contribution in [0.25, 0.3) is 22.6 Å². The van der Waals surface area contributed by atoms with E-state index in [2.05, 4.69) is 10.9 Å². The van der Waals surface area contributed by atoms with Crippen LogP contribution in [0.15, 0.2) is 52.2 Å². The van der Waals surface area contributed by atoms with Crippen molar-refractivity contribution in [1.82, 2.24) is 23.7 Å². The predicted molar refractivity (Wildman–Crippen MR) is 141 cm³/mol. The van der Waals surface area contributed by atoms with Crippen LogP contribution in [0.4, 0.5) is 0 Å². The SMILES string of the molecule is C#Cc1ccc(Cn2c(-c3ccc(OC4CCC4)nc3)nc3c2c(=O)n(CCCO)c(=O)n3CC)cc1. The molecule has 9 nitrogen and oxygen atoms in total. The Morgan fingerprint density at radius 1 is 1.11 bits per heavy atom. The van der Waals surface area contributed by atoms with Crippen LogP contribution in [0, 0.1) is 12.3 Å². The fourth-order valence-electron chi connectivity index (χ4n) is 4.51. The Morgan fingerprint density at radius 2 is 1.89 bits per heavy atom. The molecule has 0 bridgehead atoms. The predicted octanol–water partition coefficient (Wildman–Crippen LogP) is 2.78. The molecular formula is C28H29N5O4. The lowest BCUT2D eigenvalue weighted by atomic mass is 9.96. The number of benzene rings is 1. The molecule has 0 amide bonds. The van der Waals surface area contributed by atoms with Gasteiger partial charge in [0.25, 0.3) is 5.56 Å². The molecule has 37 heavy (non-hydrogen) atoms. The van der Waals surface area contributed by atoms with Crippen LogP contribution >= 0.6 is 0 Å². The molecule has 9 heteroatoms. The van der Waals surface area contributed by atoms with Gasteiger partial charge in [0.2, 0.25) is 5.88 Å². The lowest BCUT2D eigenvalue weighted by molar-refractivity contribution is 0.114. The maximum absolute atomic E-state index is 13.6. The molecule has 1 aliphatic rings. The van der Waals surface area contributed by atoms with Crippen molar-refractivity contribution < 1.29 is 9.84 Å². The Morgan fingerprint density at radius 3 is 2.49 bits per heavy atom. The Hall–Kier alpha value is -4.16. The fourth-order valence-corrected chi connectivity index (χ4v) is 4.51. The first kappa shape index (κ1) is 24.5. The maximum atomic E-state index is 13.6. The van der Waals surface area contributed by atoms with E-state index < -0.39 is 11.2 Å². The molecule has 4 aromatic rings. The van der Waals surface area contributed by atoms with E-state index in [1.165, 1.54) is 15.6 Å². The van der Waals surface area contributed by atoms with Gasteiger partial charge in [0.1, 0.15) is 11.9 Å². The number of imidazole rings is 1. The first-order valence-corrected chi connectivity index (χ1v) is 12.6. The van der Waals surface area contributed by atoms with Crippen molar-refractivity contribution in [3.8, 4) is 29.6 Å². The minimum Gasteiger partial charge on any atom is -0.474 e. The molecule has 190 valence electrons. The third-order valence-corrected chi connectivity index (χ3v) is 6.77. The van der Waals surface area contributed by atoms with Crippen LogP contribution in [-0.2, 0) is 19.6 Å². The Labute approximate surface area is 214 Å². The van der Waals surface area contributed by atoms with E-state index in [0.717, 1.165) is 24.0 Å². The van der Waals surface area contributed by atoms with Crippen molar-refractivity contribution in [3.63, 3.8) is 0 Å². The summed E-state index contributed by atoms with van der Waals surface area (Å²) in [5.74, 6) is 3.69. The first-order chi connectivity index (χ1) is 18.0. The summed E-state index contributed by atoms with van der Waals surface area (Å²) in [5.41, 5.74) is 2.16. The van der Waals surface area contributed by atoms with Gasteiger partial charge in [-0.3, -0.25) is 13.9 Å². The highest BCUT2D eigenvalue weighted by Gasteiger charge is 2.23. The molecule has 0 aliphatic heterocycles. The molecule has 0 radical (unpaired) electrons. The molecule has 0 spiro atoms. The van der Waals surface area contributed by atoms with Crippen LogP contribution < -0.4 is 16.0 Å². The topological polar surface area (TPSA) is 104 Å². The van der Waals surface area contributed by atoms with Gasteiger partial charge in [-0.2, -0.15) is 0 Å². The van der Waals surface area contributed by atoms with Gasteiger partial charge in [-0.25, -0.2) is 14.8 Å². The molecule has 3 aromatic heterocycles. The first-order valence-electron chi connectivity index (χ1n) is 12.6. The third-order valence-electron chi connectivity index (χ3n) is 6.77. The van der Waals surface area contributed by atoms with Crippen molar-refractivity contribution in [2.24, 2.45) is 0 Å². The smallest absolute Gasteiger partial charge is 0.332 e. The van der Waals surface area contributed by atoms with Gasteiger partial charge in [0.05, 0.1) is 0 Å². The van der Waals surface area contributed by atoms with Crippen LogP contribution in [0.3, 0.4) is 0 Å². The van der Waals surface area contributed by atoms with Gasteiger partial charge in [-0.15, -0.1) is 6.42 Å². The summed E-state index contributed by atoms with van der Waals surface area (Å²) in [7, 11) is 0. The summed E-state index contributed by atoms with van der Waals surface area (Å²) in [4.78, 5) is 36.1. The number of pyridine rings is 1. The molecule has 1 fully saturated rings. The van der Waals surface area contributed by atoms with Gasteiger partial charge in [-0.1, -0.05) is 18.1 Å². The molecule has 0 saturated heterocycles. The van der Waals surface area contributed by atoms with Crippen LogP contribution in [0.5, 0.6) is 5.88 Å². The van der Waals surface area contributed by atoms with E-state index in [9.17, 15) is 14.7 Å². The number of terminal acetylenes is 1. The summed E-state index contributed by atoms with van der Waals surface area (Å²) < 4.78 is 10.4. The number of fused-ring (bicyclic) bond motifs is 1. The molecular weight excluding hydrogens is 470 g/mol. The van der Waals surface area contributed by atoms with Crippen LogP contribution in [0.1, 0.15) is 43.7 Å². The van der Waals surface area contributed by atoms with Gasteiger partial charge in [-0.05, 0) is 56.4 Å². The standard InChI is InChI=1S/C28H29N5O4/c1-3-19-9-11-20(12-10-19)18-33-24-26(31(4-2)28(36)32(27(24)35)15-6-16-34)30-25(33)21-13-14-23(29-17-21)37-22-7-5-8-22/h1,9-14,17,22,34H,4-8,15-16,18H2,2H3. The number of nitrogens with zero attached hydrogens (tertiary/aromatic N) is 5. The minimum atomic E-state index is -0.439. The van der Waals surface area contributed by atoms with Gasteiger partial charge < -0.3 is 14.4 Å². The molecule has 3 heterocycles. The third kappa shape index (κ3) is 4.68. The highest BCUT2D eigenvalue weighted by atomic mass is 16.5. The number of rotatable bonds is 9. The quantitative estimate of drug-likeness (QED) is 0.355. The van der Waals surface area contributed by atoms with E-state index in [1.54, 1.807) is 6.20 Å². The van der Waals surface area contributed by atoms with E-state index in [1.807, 2.05) is 47.9 Å². The average Bonchev–Trinajstić information content (AvgIpc) is 3.26. The number of aliphatic hydroxyl groups is 1. The zero-order chi connectivity index (χ0) is 25.9. The molecule has 0 atom stereocenters. The van der Waals surface area contributed by atoms with Gasteiger partial charge >= 0.3 is 5.69 Å². The summed E-state index contributed by atoms with van der Waals surface area (Å²) in [6.45, 7) is 2.52. The molecule has 1 saturated carbocycles. The van der Waals surface area contributed by atoms with Crippen molar-refractivity contribution in [1.29, 1.82) is 0 Å². The lowest BCUT2D eigenvalue weighted by Gasteiger charge is -2.25. The molecule has 1 aliphatic carbocycles. The van der Waals surface area contributed by atoms with Crippen LogP contribution in [-0.4, -0.2) is 41.5 Å². The Kier molecular flexibility index (Phi) is 6.93. The number of hydrogen-bond acceptors (Lipinski definition) is 6. The number of ether oxygens (including phenoxy) is 1. The summed E-state index contributed by atoms with van der Waals surface area (Å²) in [6.07, 6.45) is 11.0. The number of aryl methyl sites for hydroxylation is 1. The van der Waals surface area contributed by atoms with Crippen molar-refractivity contribution in [2.75, 3.05) is 6.61 Å². The average molecular weight is 500 g/mol. The highest BCUT2D eigenvalue weighted by Crippen LogP contribution is 2.27. The maximum Gasteiger partial charge on any atom is 0.332 e. The van der Waals surface area contributed by atoms with Gasteiger partial charge in [0.15, 0.2) is 11.2 Å². The second-order valence-corrected chi connectivity index (χ2v) is 9.15. The number of aliphatic hydroxyl groups excluding tert-OH is 1. The molecule has 1 aromatic carbocycles.